The van der Waals surface area contributed by atoms with Gasteiger partial charge in [-0.05, 0) is 29.9 Å². The Bertz CT molecular complexity index is 685. The van der Waals surface area contributed by atoms with Gasteiger partial charge >= 0.3 is 0 Å². The van der Waals surface area contributed by atoms with Crippen LogP contribution < -0.4 is 11.1 Å². The molecule has 25 heavy (non-hydrogen) atoms. The Balaban J connectivity index is 0.00000225. The van der Waals surface area contributed by atoms with Crippen molar-refractivity contribution in [3.63, 3.8) is 0 Å². The molecule has 2 aromatic rings. The number of aromatic nitrogens is 4. The minimum Gasteiger partial charge on any atom is -0.353 e. The summed E-state index contributed by atoms with van der Waals surface area (Å²) in [5.74, 6) is 0.999. The topological polar surface area (TPSA) is 98.7 Å². The minimum absolute atomic E-state index is 0. The number of carbonyl (C=O) groups is 1. The zero-order chi connectivity index (χ0) is 17.1. The van der Waals surface area contributed by atoms with Crippen molar-refractivity contribution < 1.29 is 4.79 Å². The van der Waals surface area contributed by atoms with Crippen LogP contribution in [-0.2, 0) is 4.79 Å². The van der Waals surface area contributed by atoms with Gasteiger partial charge in [-0.15, -0.1) is 22.6 Å². The van der Waals surface area contributed by atoms with E-state index in [-0.39, 0.29) is 30.3 Å². The van der Waals surface area contributed by atoms with Gasteiger partial charge in [0, 0.05) is 18.2 Å². The molecule has 2 atom stereocenters. The van der Waals surface area contributed by atoms with E-state index in [1.54, 1.807) is 0 Å². The van der Waals surface area contributed by atoms with Crippen LogP contribution in [0.3, 0.4) is 0 Å². The molecule has 0 radical (unpaired) electrons. The molecule has 0 saturated heterocycles. The fraction of sp³-hybridized carbons (Fsp3) is 0.529. The second-order valence-corrected chi connectivity index (χ2v) is 6.73. The molecule has 3 rings (SSSR count). The SMILES string of the molecule is CC(C)C(C(=O)NCC(N)C1CC1)n1nnc(-c2ccccc2)n1.Cl. The van der Waals surface area contributed by atoms with Crippen LogP contribution >= 0.6 is 12.4 Å². The Labute approximate surface area is 153 Å². The first-order chi connectivity index (χ1) is 11.6. The van der Waals surface area contributed by atoms with Crippen molar-refractivity contribution in [1.29, 1.82) is 0 Å². The molecular weight excluding hydrogens is 340 g/mol. The molecule has 1 saturated carbocycles. The van der Waals surface area contributed by atoms with Crippen LogP contribution in [-0.4, -0.2) is 38.7 Å². The van der Waals surface area contributed by atoms with E-state index in [2.05, 4.69) is 20.7 Å². The maximum absolute atomic E-state index is 12.6. The third-order valence-electron chi connectivity index (χ3n) is 4.35. The number of hydrogen-bond acceptors (Lipinski definition) is 5. The molecule has 0 bridgehead atoms. The summed E-state index contributed by atoms with van der Waals surface area (Å²) in [4.78, 5) is 14.0. The third kappa shape index (κ3) is 4.76. The maximum Gasteiger partial charge on any atom is 0.247 e. The molecule has 136 valence electrons. The molecule has 7 nitrogen and oxygen atoms in total. The van der Waals surface area contributed by atoms with E-state index in [1.165, 1.54) is 4.80 Å². The largest absolute Gasteiger partial charge is 0.353 e. The third-order valence-corrected chi connectivity index (χ3v) is 4.35. The lowest BCUT2D eigenvalue weighted by molar-refractivity contribution is -0.126. The van der Waals surface area contributed by atoms with Crippen molar-refractivity contribution in [2.24, 2.45) is 17.6 Å². The standard InChI is InChI=1S/C17H24N6O.ClH/c1-11(2)15(17(24)19-10-14(18)12-8-9-12)23-21-16(20-22-23)13-6-4-3-5-7-13;/h3-7,11-12,14-15H,8-10,18H2,1-2H3,(H,19,24);1H. The molecule has 8 heteroatoms. The monoisotopic (exact) mass is 364 g/mol. The number of nitrogens with two attached hydrogens (primary N) is 1. The number of halogens is 1. The molecular formula is C17H25ClN6O. The van der Waals surface area contributed by atoms with E-state index >= 15 is 0 Å². The van der Waals surface area contributed by atoms with E-state index in [9.17, 15) is 4.79 Å². The highest BCUT2D eigenvalue weighted by Crippen LogP contribution is 2.31. The summed E-state index contributed by atoms with van der Waals surface area (Å²) in [6.07, 6.45) is 2.32. The number of nitrogens with one attached hydrogen (secondary N) is 1. The van der Waals surface area contributed by atoms with Gasteiger partial charge in [-0.2, -0.15) is 4.80 Å². The lowest BCUT2D eigenvalue weighted by Gasteiger charge is -2.20. The normalized spacial score (nSPS) is 16.2. The molecule has 1 aliphatic rings. The zero-order valence-electron chi connectivity index (χ0n) is 14.5. The first-order valence-corrected chi connectivity index (χ1v) is 8.44. The van der Waals surface area contributed by atoms with E-state index in [4.69, 9.17) is 5.73 Å². The van der Waals surface area contributed by atoms with Gasteiger partial charge in [0.1, 0.15) is 0 Å². The van der Waals surface area contributed by atoms with Crippen molar-refractivity contribution >= 4 is 18.3 Å². The summed E-state index contributed by atoms with van der Waals surface area (Å²) >= 11 is 0. The van der Waals surface area contributed by atoms with Crippen LogP contribution in [0.2, 0.25) is 0 Å². The zero-order valence-corrected chi connectivity index (χ0v) is 15.3. The van der Waals surface area contributed by atoms with Gasteiger partial charge in [-0.3, -0.25) is 4.79 Å². The Morgan fingerprint density at radius 3 is 2.60 bits per heavy atom. The summed E-state index contributed by atoms with van der Waals surface area (Å²) in [6.45, 7) is 4.43. The predicted molar refractivity (Wildman–Crippen MR) is 98.1 cm³/mol. The number of amides is 1. The molecule has 1 aromatic heterocycles. The van der Waals surface area contributed by atoms with Gasteiger partial charge in [0.05, 0.1) is 0 Å². The smallest absolute Gasteiger partial charge is 0.247 e. The highest BCUT2D eigenvalue weighted by Gasteiger charge is 2.31. The van der Waals surface area contributed by atoms with E-state index in [1.807, 2.05) is 44.2 Å². The van der Waals surface area contributed by atoms with Crippen LogP contribution in [0, 0.1) is 11.8 Å². The molecule has 1 fully saturated rings. The van der Waals surface area contributed by atoms with Gasteiger partial charge in [0.15, 0.2) is 6.04 Å². The first kappa shape index (κ1) is 19.3. The van der Waals surface area contributed by atoms with Crippen molar-refractivity contribution in [3.8, 4) is 11.4 Å². The summed E-state index contributed by atoms with van der Waals surface area (Å²) < 4.78 is 0. The van der Waals surface area contributed by atoms with Crippen LogP contribution in [0.1, 0.15) is 32.7 Å². The number of nitrogens with zero attached hydrogens (tertiary/aromatic N) is 4. The second-order valence-electron chi connectivity index (χ2n) is 6.73. The Morgan fingerprint density at radius 2 is 2.00 bits per heavy atom. The quantitative estimate of drug-likeness (QED) is 0.780. The Morgan fingerprint density at radius 1 is 1.32 bits per heavy atom. The average molecular weight is 365 g/mol. The lowest BCUT2D eigenvalue weighted by atomic mass is 10.0. The van der Waals surface area contributed by atoms with E-state index in [0.29, 0.717) is 18.3 Å². The summed E-state index contributed by atoms with van der Waals surface area (Å²) in [7, 11) is 0. The maximum atomic E-state index is 12.6. The Hall–Kier alpha value is -1.99. The number of carbonyl (C=O) groups excluding carboxylic acids is 1. The fourth-order valence-electron chi connectivity index (χ4n) is 2.73. The number of rotatable bonds is 7. The second kappa shape index (κ2) is 8.40. The summed E-state index contributed by atoms with van der Waals surface area (Å²) in [5.41, 5.74) is 6.93. The van der Waals surface area contributed by atoms with Crippen LogP contribution in [0.25, 0.3) is 11.4 Å². The summed E-state index contributed by atoms with van der Waals surface area (Å²) in [5, 5.41) is 15.5. The summed E-state index contributed by atoms with van der Waals surface area (Å²) in [6, 6.07) is 9.14. The van der Waals surface area contributed by atoms with Crippen molar-refractivity contribution in [3.05, 3.63) is 30.3 Å². The molecule has 1 aliphatic carbocycles. The number of tetrazole rings is 1. The molecule has 0 aliphatic heterocycles. The molecule has 1 aromatic carbocycles. The number of benzene rings is 1. The highest BCUT2D eigenvalue weighted by molar-refractivity contribution is 5.85. The first-order valence-electron chi connectivity index (χ1n) is 8.44. The van der Waals surface area contributed by atoms with Crippen molar-refractivity contribution in [1.82, 2.24) is 25.5 Å². The Kier molecular flexibility index (Phi) is 6.50. The van der Waals surface area contributed by atoms with Gasteiger partial charge in [-0.1, -0.05) is 44.2 Å². The van der Waals surface area contributed by atoms with Crippen molar-refractivity contribution in [2.45, 2.75) is 38.8 Å². The molecule has 1 heterocycles. The van der Waals surface area contributed by atoms with Gasteiger partial charge in [0.25, 0.3) is 0 Å². The molecule has 3 N–H and O–H groups in total. The predicted octanol–water partition coefficient (Wildman–Crippen LogP) is 1.81. The van der Waals surface area contributed by atoms with Crippen LogP contribution in [0.15, 0.2) is 30.3 Å². The van der Waals surface area contributed by atoms with E-state index in [0.717, 1.165) is 18.4 Å². The average Bonchev–Trinajstić information content (AvgIpc) is 3.32. The molecule has 0 spiro atoms. The minimum atomic E-state index is -0.499. The van der Waals surface area contributed by atoms with Gasteiger partial charge < -0.3 is 11.1 Å². The number of hydrogen-bond donors (Lipinski definition) is 2. The van der Waals surface area contributed by atoms with Crippen molar-refractivity contribution in [2.75, 3.05) is 6.54 Å². The van der Waals surface area contributed by atoms with Crippen LogP contribution in [0.4, 0.5) is 0 Å². The van der Waals surface area contributed by atoms with Gasteiger partial charge in [-0.25, -0.2) is 0 Å². The highest BCUT2D eigenvalue weighted by atomic mass is 35.5. The van der Waals surface area contributed by atoms with Crippen LogP contribution in [0.5, 0.6) is 0 Å². The lowest BCUT2D eigenvalue weighted by Crippen LogP contribution is -2.43. The molecule has 1 amide bonds. The fourth-order valence-corrected chi connectivity index (χ4v) is 2.73. The van der Waals surface area contributed by atoms with Gasteiger partial charge in [0.2, 0.25) is 11.7 Å². The molecule has 2 unspecified atom stereocenters. The van der Waals surface area contributed by atoms with E-state index < -0.39 is 6.04 Å².